The molecule has 0 aliphatic rings. The topological polar surface area (TPSA) is 51.8 Å². The van der Waals surface area contributed by atoms with Crippen molar-refractivity contribution in [3.8, 4) is 0 Å². The predicted octanol–water partition coefficient (Wildman–Crippen LogP) is 3.52. The quantitative estimate of drug-likeness (QED) is 0.876. The highest BCUT2D eigenvalue weighted by Gasteiger charge is 2.07. The molecule has 0 spiro atoms. The van der Waals surface area contributed by atoms with E-state index in [2.05, 4.69) is 10.2 Å². The van der Waals surface area contributed by atoms with Gasteiger partial charge >= 0.3 is 0 Å². The van der Waals surface area contributed by atoms with Gasteiger partial charge < -0.3 is 5.73 Å². The Morgan fingerprint density at radius 2 is 2.12 bits per heavy atom. The Bertz CT molecular complexity index is 515. The van der Waals surface area contributed by atoms with Crippen molar-refractivity contribution in [1.82, 2.24) is 10.2 Å². The van der Waals surface area contributed by atoms with Gasteiger partial charge in [-0.1, -0.05) is 52.5 Å². The second kappa shape index (κ2) is 6.06. The molecule has 90 valence electrons. The third-order valence-electron chi connectivity index (χ3n) is 2.01. The normalized spacial score (nSPS) is 10.8. The Balaban J connectivity index is 2.15. The monoisotopic (exact) mass is 303 g/mol. The van der Waals surface area contributed by atoms with Crippen molar-refractivity contribution >= 4 is 46.5 Å². The van der Waals surface area contributed by atoms with Crippen molar-refractivity contribution in [1.29, 1.82) is 0 Å². The maximum atomic E-state index is 6.10. The molecule has 0 aliphatic carbocycles. The molecule has 0 fully saturated rings. The van der Waals surface area contributed by atoms with Crippen molar-refractivity contribution in [3.63, 3.8) is 0 Å². The number of thioether (sulfide) groups is 1. The van der Waals surface area contributed by atoms with E-state index >= 15 is 0 Å². The summed E-state index contributed by atoms with van der Waals surface area (Å²) in [6, 6.07) is 5.86. The Morgan fingerprint density at radius 1 is 1.35 bits per heavy atom. The van der Waals surface area contributed by atoms with Crippen LogP contribution < -0.4 is 5.73 Å². The second-order valence-electron chi connectivity index (χ2n) is 3.10. The van der Waals surface area contributed by atoms with Gasteiger partial charge in [0.25, 0.3) is 0 Å². The van der Waals surface area contributed by atoms with Crippen LogP contribution in [0.25, 0.3) is 0 Å². The number of benzene rings is 1. The highest BCUT2D eigenvalue weighted by Crippen LogP contribution is 2.34. The van der Waals surface area contributed by atoms with Crippen LogP contribution in [0.4, 0.5) is 0 Å². The zero-order valence-electron chi connectivity index (χ0n) is 9.01. The van der Waals surface area contributed by atoms with E-state index in [9.17, 15) is 0 Å². The van der Waals surface area contributed by atoms with Gasteiger partial charge in [-0.25, -0.2) is 0 Å². The summed E-state index contributed by atoms with van der Waals surface area (Å²) in [5.41, 5.74) is 6.52. The second-order valence-corrected chi connectivity index (χ2v) is 6.86. The highest BCUT2D eigenvalue weighted by atomic mass is 35.5. The zero-order valence-corrected chi connectivity index (χ0v) is 12.2. The van der Waals surface area contributed by atoms with Crippen LogP contribution in [-0.4, -0.2) is 16.5 Å². The van der Waals surface area contributed by atoms with Crippen molar-refractivity contribution in [2.24, 2.45) is 5.73 Å². The molecule has 0 radical (unpaired) electrons. The van der Waals surface area contributed by atoms with Gasteiger partial charge in [0.1, 0.15) is 0 Å². The molecule has 2 aromatic rings. The predicted molar refractivity (Wildman–Crippen MR) is 75.2 cm³/mol. The van der Waals surface area contributed by atoms with E-state index in [-0.39, 0.29) is 0 Å². The van der Waals surface area contributed by atoms with Gasteiger partial charge in [-0.2, -0.15) is 0 Å². The summed E-state index contributed by atoms with van der Waals surface area (Å²) in [5.74, 6) is 0. The number of hydrogen-bond acceptors (Lipinski definition) is 6. The number of rotatable bonds is 4. The fourth-order valence-electron chi connectivity index (χ4n) is 1.18. The van der Waals surface area contributed by atoms with Crippen LogP contribution in [0, 0.1) is 0 Å². The Kier molecular flexibility index (Phi) is 4.69. The summed E-state index contributed by atoms with van der Waals surface area (Å²) < 4.78 is 1.89. The van der Waals surface area contributed by atoms with Gasteiger partial charge in [-0.05, 0) is 24.0 Å². The van der Waals surface area contributed by atoms with Crippen LogP contribution in [0.15, 0.2) is 31.8 Å². The van der Waals surface area contributed by atoms with Crippen LogP contribution in [-0.2, 0) is 6.54 Å². The van der Waals surface area contributed by atoms with E-state index in [0.717, 1.165) is 19.1 Å². The third-order valence-corrected chi connectivity index (χ3v) is 5.30. The van der Waals surface area contributed by atoms with Crippen LogP contribution in [0.2, 0.25) is 5.02 Å². The number of halogens is 1. The molecule has 0 atom stereocenters. The Labute approximate surface area is 117 Å². The average molecular weight is 304 g/mol. The molecule has 3 nitrogen and oxygen atoms in total. The minimum atomic E-state index is 0.458. The summed E-state index contributed by atoms with van der Waals surface area (Å²) in [7, 11) is 0. The molecule has 2 N–H and O–H groups in total. The first kappa shape index (κ1) is 13.2. The Morgan fingerprint density at radius 3 is 2.71 bits per heavy atom. The summed E-state index contributed by atoms with van der Waals surface area (Å²) in [4.78, 5) is 1.05. The van der Waals surface area contributed by atoms with Gasteiger partial charge in [0, 0.05) is 16.5 Å². The minimum Gasteiger partial charge on any atom is -0.326 e. The van der Waals surface area contributed by atoms with Crippen LogP contribution in [0.5, 0.6) is 0 Å². The van der Waals surface area contributed by atoms with Crippen molar-refractivity contribution in [2.45, 2.75) is 20.1 Å². The summed E-state index contributed by atoms with van der Waals surface area (Å²) >= 11 is 10.8. The standard InChI is InChI=1S/C10H10ClN3S3/c1-15-9-13-14-10(17-9)16-7-3-2-6(5-12)8(11)4-7/h2-4H,5,12H2,1H3. The van der Waals surface area contributed by atoms with E-state index in [1.54, 1.807) is 34.9 Å². The first-order valence-electron chi connectivity index (χ1n) is 4.76. The van der Waals surface area contributed by atoms with Crippen LogP contribution in [0.3, 0.4) is 0 Å². The molecule has 17 heavy (non-hydrogen) atoms. The molecular formula is C10H10ClN3S3. The molecule has 0 amide bonds. The number of aromatic nitrogens is 2. The van der Waals surface area contributed by atoms with E-state index in [1.807, 2.05) is 24.5 Å². The maximum absolute atomic E-state index is 6.10. The SMILES string of the molecule is CSc1nnc(Sc2ccc(CN)c(Cl)c2)s1. The first-order valence-corrected chi connectivity index (χ1v) is 8.00. The van der Waals surface area contributed by atoms with Gasteiger partial charge in [0.05, 0.1) is 0 Å². The van der Waals surface area contributed by atoms with Gasteiger partial charge in [-0.15, -0.1) is 10.2 Å². The molecule has 1 aromatic heterocycles. The smallest absolute Gasteiger partial charge is 0.179 e. The third kappa shape index (κ3) is 3.35. The molecule has 0 aliphatic heterocycles. The molecule has 7 heteroatoms. The van der Waals surface area contributed by atoms with Gasteiger partial charge in [-0.3, -0.25) is 0 Å². The fraction of sp³-hybridized carbons (Fsp3) is 0.200. The molecule has 1 heterocycles. The molecule has 0 saturated carbocycles. The molecule has 2 rings (SSSR count). The summed E-state index contributed by atoms with van der Waals surface area (Å²) in [6.45, 7) is 0.458. The largest absolute Gasteiger partial charge is 0.326 e. The van der Waals surface area contributed by atoms with Crippen molar-refractivity contribution in [2.75, 3.05) is 6.26 Å². The lowest BCUT2D eigenvalue weighted by atomic mass is 10.2. The lowest BCUT2D eigenvalue weighted by molar-refractivity contribution is 0.955. The maximum Gasteiger partial charge on any atom is 0.179 e. The molecule has 0 bridgehead atoms. The lowest BCUT2D eigenvalue weighted by Gasteiger charge is -2.02. The average Bonchev–Trinajstić information content (AvgIpc) is 2.77. The fourth-order valence-corrected chi connectivity index (χ4v) is 3.95. The number of nitrogens with zero attached hydrogens (tertiary/aromatic N) is 2. The van der Waals surface area contributed by atoms with Gasteiger partial charge in [0.2, 0.25) is 0 Å². The molecule has 0 unspecified atom stereocenters. The number of hydrogen-bond donors (Lipinski definition) is 1. The first-order chi connectivity index (χ1) is 8.22. The molecule has 1 aromatic carbocycles. The Hall–Kier alpha value is -0.270. The van der Waals surface area contributed by atoms with E-state index in [0.29, 0.717) is 11.6 Å². The van der Waals surface area contributed by atoms with Gasteiger partial charge in [0.15, 0.2) is 8.68 Å². The lowest BCUT2D eigenvalue weighted by Crippen LogP contribution is -1.96. The highest BCUT2D eigenvalue weighted by molar-refractivity contribution is 8.03. The molecular weight excluding hydrogens is 294 g/mol. The summed E-state index contributed by atoms with van der Waals surface area (Å²) in [6.07, 6.45) is 1.99. The zero-order chi connectivity index (χ0) is 12.3. The van der Waals surface area contributed by atoms with E-state index < -0.39 is 0 Å². The van der Waals surface area contributed by atoms with E-state index in [4.69, 9.17) is 17.3 Å². The van der Waals surface area contributed by atoms with Crippen LogP contribution >= 0.6 is 46.5 Å². The van der Waals surface area contributed by atoms with Crippen molar-refractivity contribution < 1.29 is 0 Å². The van der Waals surface area contributed by atoms with Crippen LogP contribution in [0.1, 0.15) is 5.56 Å². The van der Waals surface area contributed by atoms with Crippen molar-refractivity contribution in [3.05, 3.63) is 28.8 Å². The minimum absolute atomic E-state index is 0.458. The molecule has 0 saturated heterocycles. The van der Waals surface area contributed by atoms with E-state index in [1.165, 1.54) is 0 Å². The summed E-state index contributed by atoms with van der Waals surface area (Å²) in [5, 5.41) is 8.84. The number of nitrogens with two attached hydrogens (primary N) is 1.